The number of nitrogens with zero attached hydrogens (tertiary/aromatic N) is 3. The van der Waals surface area contributed by atoms with E-state index in [1.54, 1.807) is 4.90 Å². The molecule has 7 nitrogen and oxygen atoms in total. The van der Waals surface area contributed by atoms with E-state index in [1.807, 2.05) is 4.90 Å². The number of likely N-dealkylation sites (tertiary alicyclic amines) is 2. The zero-order valence-corrected chi connectivity index (χ0v) is 17.0. The van der Waals surface area contributed by atoms with Crippen LogP contribution < -0.4 is 5.32 Å². The van der Waals surface area contributed by atoms with Gasteiger partial charge in [-0.25, -0.2) is 4.79 Å². The van der Waals surface area contributed by atoms with Crippen molar-refractivity contribution in [3.8, 4) is 0 Å². The maximum atomic E-state index is 12.9. The Labute approximate surface area is 177 Å². The number of amides is 3. The van der Waals surface area contributed by atoms with Crippen molar-refractivity contribution in [3.63, 3.8) is 0 Å². The number of halogens is 3. The first-order valence-corrected chi connectivity index (χ1v) is 10.7. The van der Waals surface area contributed by atoms with Crippen molar-refractivity contribution in [2.45, 2.75) is 44.0 Å². The Morgan fingerprint density at radius 3 is 2.77 bits per heavy atom. The van der Waals surface area contributed by atoms with Crippen molar-refractivity contribution in [1.29, 1.82) is 0 Å². The molecule has 1 N–H and O–H groups in total. The Hall–Kier alpha value is -2.36. The highest BCUT2D eigenvalue weighted by atomic mass is 19.4. The molecule has 0 unspecified atom stereocenters. The minimum Gasteiger partial charge on any atom is -0.366 e. The maximum Gasteiger partial charge on any atom is 0.417 e. The first kappa shape index (κ1) is 20.5. The first-order chi connectivity index (χ1) is 14.7. The largest absolute Gasteiger partial charge is 0.417 e. The zero-order chi connectivity index (χ0) is 21.8. The monoisotopic (exact) mass is 438 g/mol. The molecule has 168 valence electrons. The van der Waals surface area contributed by atoms with Crippen LogP contribution in [-0.2, 0) is 22.1 Å². The van der Waals surface area contributed by atoms with Gasteiger partial charge in [-0.15, -0.1) is 0 Å². The molecule has 31 heavy (non-hydrogen) atoms. The van der Waals surface area contributed by atoms with E-state index in [1.165, 1.54) is 12.3 Å². The summed E-state index contributed by atoms with van der Waals surface area (Å²) >= 11 is 0. The van der Waals surface area contributed by atoms with Gasteiger partial charge in [0.25, 0.3) is 0 Å². The maximum absolute atomic E-state index is 12.9. The lowest BCUT2D eigenvalue weighted by molar-refractivity contribution is -0.140. The minimum absolute atomic E-state index is 0.00516. The van der Waals surface area contributed by atoms with Crippen LogP contribution in [0.4, 0.5) is 18.0 Å². The summed E-state index contributed by atoms with van der Waals surface area (Å²) in [4.78, 5) is 31.8. The number of alkyl halides is 3. The van der Waals surface area contributed by atoms with Crippen LogP contribution in [0, 0.1) is 11.3 Å². The zero-order valence-electron chi connectivity index (χ0n) is 17.0. The molecular formula is C21H25F3N4O3. The summed E-state index contributed by atoms with van der Waals surface area (Å²) in [5, 5.41) is 2.91. The fraction of sp³-hybridized carbons (Fsp3) is 0.667. The van der Waals surface area contributed by atoms with E-state index in [2.05, 4.69) is 10.3 Å². The molecule has 4 heterocycles. The number of aromatic nitrogens is 1. The van der Waals surface area contributed by atoms with E-state index in [4.69, 9.17) is 4.74 Å². The number of morpholine rings is 1. The normalized spacial score (nSPS) is 27.9. The highest BCUT2D eigenvalue weighted by molar-refractivity contribution is 5.79. The molecule has 1 saturated carbocycles. The third-order valence-electron chi connectivity index (χ3n) is 7.01. The highest BCUT2D eigenvalue weighted by Gasteiger charge is 2.54. The highest BCUT2D eigenvalue weighted by Crippen LogP contribution is 2.53. The Balaban J connectivity index is 1.10. The van der Waals surface area contributed by atoms with Gasteiger partial charge in [-0.05, 0) is 43.2 Å². The van der Waals surface area contributed by atoms with Crippen molar-refractivity contribution in [2.24, 2.45) is 11.3 Å². The summed E-state index contributed by atoms with van der Waals surface area (Å²) in [6, 6.07) is 1.03. The lowest BCUT2D eigenvalue weighted by Gasteiger charge is -2.60. The van der Waals surface area contributed by atoms with Gasteiger partial charge in [-0.1, -0.05) is 0 Å². The van der Waals surface area contributed by atoms with Gasteiger partial charge < -0.3 is 19.9 Å². The van der Waals surface area contributed by atoms with Gasteiger partial charge in [0.2, 0.25) is 5.91 Å². The van der Waals surface area contributed by atoms with E-state index in [0.717, 1.165) is 19.0 Å². The molecule has 0 bridgehead atoms. The molecule has 2 atom stereocenters. The summed E-state index contributed by atoms with van der Waals surface area (Å²) in [6.07, 6.45) is 1.10. The van der Waals surface area contributed by atoms with E-state index in [0.29, 0.717) is 50.5 Å². The Morgan fingerprint density at radius 1 is 1.26 bits per heavy atom. The second kappa shape index (κ2) is 7.36. The van der Waals surface area contributed by atoms with Gasteiger partial charge in [0, 0.05) is 44.0 Å². The van der Waals surface area contributed by atoms with Crippen molar-refractivity contribution in [2.75, 3.05) is 32.8 Å². The molecule has 3 amide bonds. The molecule has 10 heteroatoms. The molecular weight excluding hydrogens is 413 g/mol. The van der Waals surface area contributed by atoms with Gasteiger partial charge >= 0.3 is 12.2 Å². The molecule has 1 spiro atoms. The SMILES string of the molecule is O=C1CO[C@H]2CCN(C(=O)N3CC4(CC(Cc5cncc(C(F)(F)F)c5)C4)C3)C[C@H]2N1. The minimum atomic E-state index is -4.38. The number of hydrogen-bond acceptors (Lipinski definition) is 4. The molecule has 4 aliphatic rings. The van der Waals surface area contributed by atoms with Crippen LogP contribution in [-0.4, -0.2) is 71.7 Å². The number of carbonyl (C=O) groups excluding carboxylic acids is 2. The molecule has 1 aromatic rings. The molecule has 4 fully saturated rings. The van der Waals surface area contributed by atoms with Crippen molar-refractivity contribution >= 4 is 11.9 Å². The lowest BCUT2D eigenvalue weighted by atomic mass is 9.56. The quantitative estimate of drug-likeness (QED) is 0.767. The summed E-state index contributed by atoms with van der Waals surface area (Å²) in [5.41, 5.74) is 0.0138. The van der Waals surface area contributed by atoms with Crippen LogP contribution in [0.1, 0.15) is 30.4 Å². The van der Waals surface area contributed by atoms with Crippen molar-refractivity contribution < 1.29 is 27.5 Å². The number of hydrogen-bond donors (Lipinski definition) is 1. The lowest BCUT2D eigenvalue weighted by Crippen LogP contribution is -2.68. The average Bonchev–Trinajstić information content (AvgIpc) is 2.67. The number of nitrogens with one attached hydrogen (secondary N) is 1. The Morgan fingerprint density at radius 2 is 2.03 bits per heavy atom. The van der Waals surface area contributed by atoms with Gasteiger partial charge in [0.1, 0.15) is 6.61 Å². The molecule has 3 aliphatic heterocycles. The van der Waals surface area contributed by atoms with E-state index in [-0.39, 0.29) is 36.1 Å². The number of urea groups is 1. The molecule has 0 radical (unpaired) electrons. The first-order valence-electron chi connectivity index (χ1n) is 10.7. The number of carbonyl (C=O) groups is 2. The van der Waals surface area contributed by atoms with Crippen LogP contribution in [0.2, 0.25) is 0 Å². The number of ether oxygens (including phenoxy) is 1. The summed E-state index contributed by atoms with van der Waals surface area (Å²) < 4.78 is 44.1. The predicted molar refractivity (Wildman–Crippen MR) is 103 cm³/mol. The third-order valence-corrected chi connectivity index (χ3v) is 7.01. The number of pyridine rings is 1. The van der Waals surface area contributed by atoms with E-state index >= 15 is 0 Å². The van der Waals surface area contributed by atoms with Crippen LogP contribution >= 0.6 is 0 Å². The van der Waals surface area contributed by atoms with Gasteiger partial charge in [-0.2, -0.15) is 13.2 Å². The van der Waals surface area contributed by atoms with Crippen LogP contribution in [0.25, 0.3) is 0 Å². The van der Waals surface area contributed by atoms with Crippen LogP contribution in [0.5, 0.6) is 0 Å². The van der Waals surface area contributed by atoms with Crippen molar-refractivity contribution in [3.05, 3.63) is 29.6 Å². The predicted octanol–water partition coefficient (Wildman–Crippen LogP) is 2.06. The van der Waals surface area contributed by atoms with Gasteiger partial charge in [0.15, 0.2) is 0 Å². The molecule has 1 aromatic heterocycles. The summed E-state index contributed by atoms with van der Waals surface area (Å²) in [5.74, 6) is 0.183. The standard InChI is InChI=1S/C21H25F3N4O3/c22-21(23,24)15-4-13(7-25-8-15)3-14-5-20(6-14)11-28(12-20)19(30)27-2-1-17-16(9-27)26-18(29)10-31-17/h4,7-8,14,16-17H,1-3,5-6,9-12H2,(H,26,29)/t16-,17+/m1/s1. The van der Waals surface area contributed by atoms with Crippen molar-refractivity contribution in [1.82, 2.24) is 20.1 Å². The van der Waals surface area contributed by atoms with Gasteiger partial charge in [0.05, 0.1) is 17.7 Å². The Bertz CT molecular complexity index is 879. The smallest absolute Gasteiger partial charge is 0.366 e. The van der Waals surface area contributed by atoms with Crippen LogP contribution in [0.3, 0.4) is 0 Å². The number of piperidine rings is 1. The number of rotatable bonds is 2. The molecule has 5 rings (SSSR count). The second-order valence-electron chi connectivity index (χ2n) is 9.45. The van der Waals surface area contributed by atoms with E-state index in [9.17, 15) is 22.8 Å². The molecule has 1 aliphatic carbocycles. The number of fused-ring (bicyclic) bond motifs is 1. The van der Waals surface area contributed by atoms with Crippen LogP contribution in [0.15, 0.2) is 18.5 Å². The van der Waals surface area contributed by atoms with Gasteiger partial charge in [-0.3, -0.25) is 9.78 Å². The van der Waals surface area contributed by atoms with E-state index < -0.39 is 11.7 Å². The third kappa shape index (κ3) is 3.97. The average molecular weight is 438 g/mol. The molecule has 0 aromatic carbocycles. The summed E-state index contributed by atoms with van der Waals surface area (Å²) in [6.45, 7) is 2.54. The second-order valence-corrected chi connectivity index (χ2v) is 9.45. The summed E-state index contributed by atoms with van der Waals surface area (Å²) in [7, 11) is 0. The topological polar surface area (TPSA) is 74.8 Å². The Kier molecular flexibility index (Phi) is 4.87. The fourth-order valence-electron chi connectivity index (χ4n) is 5.63. The fourth-order valence-corrected chi connectivity index (χ4v) is 5.63. The molecule has 3 saturated heterocycles.